The van der Waals surface area contributed by atoms with Crippen molar-refractivity contribution in [2.24, 2.45) is 5.41 Å². The standard InChI is InChI=1S/C35H46FN4O6S.Na.H2O/c1-3-45-31-20-29(30-8-7-26(36)21-38-30)28(24-5-6-24)19-25(31)22-39-16-13-35(14-17-39)23-40(33(42)46-35)27-9-11-34(2,12-10-27)32(41)37-15-4-18-47(43)44;;/h7-8,19-21,24,27H,3-6,9-18,22-23H2,1-2H3,(H,37,41);;1H2/q-1;+1;/p-1. The number of halogens is 1. The van der Waals surface area contributed by atoms with Crippen molar-refractivity contribution in [3.63, 3.8) is 0 Å². The molecule has 2 aliphatic heterocycles. The van der Waals surface area contributed by atoms with Gasteiger partial charge in [-0.1, -0.05) is 23.4 Å². The summed E-state index contributed by atoms with van der Waals surface area (Å²) < 4.78 is 47.3. The molecule has 2 saturated heterocycles. The number of nitrogens with zero attached hydrogens (tertiary/aromatic N) is 3. The average Bonchev–Trinajstić information content (AvgIpc) is 3.85. The minimum atomic E-state index is -2.10. The number of aromatic nitrogens is 1. The second-order valence-corrected chi connectivity index (χ2v) is 15.0. The molecule has 0 radical (unpaired) electrons. The summed E-state index contributed by atoms with van der Waals surface area (Å²) in [5, 5.41) is 2.90. The van der Waals surface area contributed by atoms with Crippen LogP contribution in [0.3, 0.4) is 0 Å². The summed E-state index contributed by atoms with van der Waals surface area (Å²) in [6.07, 6.45) is 8.01. The molecule has 0 unspecified atom stereocenters. The van der Waals surface area contributed by atoms with Gasteiger partial charge in [-0.3, -0.25) is 14.7 Å². The van der Waals surface area contributed by atoms with Crippen molar-refractivity contribution >= 4 is 22.7 Å². The number of likely N-dealkylation sites (tertiary alicyclic amines) is 1. The SMILES string of the molecule is CCOc1cc(-c2ccc(F)cn2)c(C2CC2)cc1CN1CCC2(CC1)CN(C1CCC(C)(C(=O)NCCC[S-](=O)=O)CC1)C(=O)O2.[Na+].[OH-]. The van der Waals surface area contributed by atoms with E-state index in [-0.39, 0.29) is 64.6 Å². The molecule has 14 heteroatoms. The largest absolute Gasteiger partial charge is 1.00 e. The van der Waals surface area contributed by atoms with Gasteiger partial charge in [0, 0.05) is 61.6 Å². The molecule has 3 heterocycles. The van der Waals surface area contributed by atoms with Crippen molar-refractivity contribution in [3.05, 3.63) is 47.4 Å². The van der Waals surface area contributed by atoms with Crippen LogP contribution in [0.2, 0.25) is 0 Å². The van der Waals surface area contributed by atoms with Gasteiger partial charge in [0.25, 0.3) is 0 Å². The average molecular weight is 710 g/mol. The van der Waals surface area contributed by atoms with Crippen molar-refractivity contribution < 1.29 is 66.9 Å². The number of rotatable bonds is 12. The van der Waals surface area contributed by atoms with Gasteiger partial charge in [-0.25, -0.2) is 9.18 Å². The van der Waals surface area contributed by atoms with Crippen LogP contribution in [0.4, 0.5) is 9.18 Å². The maximum absolute atomic E-state index is 13.6. The van der Waals surface area contributed by atoms with E-state index in [1.54, 1.807) is 6.07 Å². The maximum Gasteiger partial charge on any atom is 1.00 e. The molecule has 1 spiro atoms. The second-order valence-electron chi connectivity index (χ2n) is 14.0. The Morgan fingerprint density at radius 2 is 1.84 bits per heavy atom. The smallest absolute Gasteiger partial charge is 0.870 e. The topological polar surface area (TPSA) is 148 Å². The molecular weight excluding hydrogens is 662 g/mol. The Labute approximate surface area is 312 Å². The van der Waals surface area contributed by atoms with Crippen LogP contribution in [-0.4, -0.2) is 82.4 Å². The molecule has 2 aliphatic carbocycles. The number of hydrogen-bond donors (Lipinski definition) is 1. The van der Waals surface area contributed by atoms with Crippen molar-refractivity contribution in [3.8, 4) is 17.0 Å². The zero-order chi connectivity index (χ0) is 33.2. The summed E-state index contributed by atoms with van der Waals surface area (Å²) in [6.45, 7) is 7.74. The molecule has 2 saturated carbocycles. The van der Waals surface area contributed by atoms with E-state index >= 15 is 0 Å². The second kappa shape index (κ2) is 16.8. The van der Waals surface area contributed by atoms with Crippen LogP contribution in [0.25, 0.3) is 11.3 Å². The van der Waals surface area contributed by atoms with Crippen LogP contribution in [0, 0.1) is 11.2 Å². The molecular formula is C35H47FN4NaO7S-. The molecule has 49 heavy (non-hydrogen) atoms. The third-order valence-corrected chi connectivity index (χ3v) is 11.2. The Kier molecular flexibility index (Phi) is 13.6. The van der Waals surface area contributed by atoms with Gasteiger partial charge >= 0.3 is 35.7 Å². The Morgan fingerprint density at radius 3 is 2.45 bits per heavy atom. The third-order valence-electron chi connectivity index (χ3n) is 10.5. The third kappa shape index (κ3) is 9.34. The number of benzene rings is 1. The predicted molar refractivity (Wildman–Crippen MR) is 177 cm³/mol. The molecule has 1 aromatic heterocycles. The fourth-order valence-corrected chi connectivity index (χ4v) is 7.86. The van der Waals surface area contributed by atoms with Crippen molar-refractivity contribution in [1.29, 1.82) is 0 Å². The summed E-state index contributed by atoms with van der Waals surface area (Å²) in [4.78, 5) is 34.7. The zero-order valence-corrected chi connectivity index (χ0v) is 31.7. The molecule has 0 bridgehead atoms. The van der Waals surface area contributed by atoms with E-state index in [4.69, 9.17) is 9.47 Å². The minimum absolute atomic E-state index is 0. The monoisotopic (exact) mass is 709 g/mol. The van der Waals surface area contributed by atoms with E-state index in [0.29, 0.717) is 44.9 Å². The van der Waals surface area contributed by atoms with Crippen LogP contribution < -0.4 is 39.6 Å². The van der Waals surface area contributed by atoms with Gasteiger partial charge in [-0.05, 0) is 87.6 Å². The summed E-state index contributed by atoms with van der Waals surface area (Å²) in [5.74, 6) is 0.951. The van der Waals surface area contributed by atoms with Crippen LogP contribution in [0.15, 0.2) is 30.5 Å². The van der Waals surface area contributed by atoms with Crippen molar-refractivity contribution in [1.82, 2.24) is 20.1 Å². The van der Waals surface area contributed by atoms with E-state index in [1.165, 1.54) is 17.8 Å². The molecule has 2 aromatic rings. The Bertz CT molecular complexity index is 1530. The molecule has 11 nitrogen and oxygen atoms in total. The number of amides is 2. The Balaban J connectivity index is 0.00000270. The predicted octanol–water partition coefficient (Wildman–Crippen LogP) is 2.54. The van der Waals surface area contributed by atoms with Crippen LogP contribution in [-0.2, 0) is 35.2 Å². The van der Waals surface area contributed by atoms with E-state index in [0.717, 1.165) is 80.7 Å². The van der Waals surface area contributed by atoms with Gasteiger partial charge < -0.3 is 33.6 Å². The number of nitrogens with one attached hydrogen (secondary N) is 1. The first-order chi connectivity index (χ1) is 22.6. The van der Waals surface area contributed by atoms with Gasteiger partial charge in [-0.15, -0.1) is 0 Å². The first-order valence-electron chi connectivity index (χ1n) is 17.1. The zero-order valence-electron chi connectivity index (χ0n) is 28.9. The van der Waals surface area contributed by atoms with Gasteiger partial charge in [0.05, 0.1) is 25.0 Å². The van der Waals surface area contributed by atoms with Gasteiger partial charge in [0.2, 0.25) is 5.91 Å². The van der Waals surface area contributed by atoms with E-state index in [9.17, 15) is 22.4 Å². The minimum Gasteiger partial charge on any atom is -0.870 e. The van der Waals surface area contributed by atoms with Crippen molar-refractivity contribution in [2.75, 3.05) is 38.5 Å². The van der Waals surface area contributed by atoms with E-state index in [1.807, 2.05) is 18.7 Å². The number of carbonyl (C=O) groups excluding carboxylic acids is 2. The van der Waals surface area contributed by atoms with E-state index < -0.39 is 21.7 Å². The molecule has 0 atom stereocenters. The molecule has 1 aromatic carbocycles. The first kappa shape index (κ1) is 39.5. The number of ether oxygens (including phenoxy) is 2. The summed E-state index contributed by atoms with van der Waals surface area (Å²) >= 11 is 0. The molecule has 4 fully saturated rings. The van der Waals surface area contributed by atoms with E-state index in [2.05, 4.69) is 27.3 Å². The van der Waals surface area contributed by atoms with Gasteiger partial charge in [0.1, 0.15) is 17.2 Å². The van der Waals surface area contributed by atoms with Gasteiger partial charge in [-0.2, -0.15) is 0 Å². The normalized spacial score (nSPS) is 23.5. The van der Waals surface area contributed by atoms with Crippen LogP contribution in [0.5, 0.6) is 5.75 Å². The quantitative estimate of drug-likeness (QED) is 0.200. The van der Waals surface area contributed by atoms with Crippen molar-refractivity contribution in [2.45, 2.75) is 95.7 Å². The Hall–Kier alpha value is -2.29. The first-order valence-corrected chi connectivity index (χ1v) is 18.3. The fraction of sp³-hybridized carbons (Fsp3) is 0.629. The van der Waals surface area contributed by atoms with Crippen LogP contribution >= 0.6 is 0 Å². The number of pyridine rings is 1. The fourth-order valence-electron chi connectivity index (χ4n) is 7.48. The summed E-state index contributed by atoms with van der Waals surface area (Å²) in [7, 11) is -2.10. The molecule has 4 aliphatic rings. The molecule has 6 rings (SSSR count). The summed E-state index contributed by atoms with van der Waals surface area (Å²) in [5.41, 5.74) is 3.13. The number of carbonyl (C=O) groups is 2. The molecule has 264 valence electrons. The number of hydrogen-bond acceptors (Lipinski definition) is 10. The van der Waals surface area contributed by atoms with Gasteiger partial charge in [0.15, 0.2) is 0 Å². The number of piperidine rings is 1. The summed E-state index contributed by atoms with van der Waals surface area (Å²) in [6, 6.07) is 7.57. The molecule has 2 N–H and O–H groups in total. The molecule has 2 amide bonds. The van der Waals surface area contributed by atoms with Crippen LogP contribution in [0.1, 0.15) is 88.7 Å². The Morgan fingerprint density at radius 1 is 1.12 bits per heavy atom. The maximum atomic E-state index is 13.6.